The largest absolute Gasteiger partial charge is 0.453 e. The van der Waals surface area contributed by atoms with Gasteiger partial charge < -0.3 is 14.3 Å². The zero-order valence-corrected chi connectivity index (χ0v) is 21.8. The maximum Gasteiger partial charge on any atom is 0.411 e. The molecule has 0 fully saturated rings. The highest BCUT2D eigenvalue weighted by Gasteiger charge is 2.29. The smallest absolute Gasteiger partial charge is 0.411 e. The standard InChI is InChI=1S/C25H19Cl2N9O3/c1-39-25(38)30-15-3-5-18(28-11-15)22-23(27)32-24(31-22)20-7-4-16-8-13(9-21(37)36(16)20)17-10-14(26)2-6-19(17)35-12-29-33-34-35/h2-3,5-6,8-12,20H,4,7H2,1H3,(H,30,38)(H,31,32)/t20-/m0/s1. The van der Waals surface area contributed by atoms with Crippen molar-refractivity contribution in [1.82, 2.24) is 39.7 Å². The molecule has 2 N–H and O–H groups in total. The Balaban J connectivity index is 1.33. The molecule has 0 bridgehead atoms. The highest BCUT2D eigenvalue weighted by atomic mass is 35.5. The maximum absolute atomic E-state index is 13.4. The van der Waals surface area contributed by atoms with E-state index >= 15 is 0 Å². The van der Waals surface area contributed by atoms with Crippen LogP contribution in [-0.4, -0.2) is 52.9 Å². The van der Waals surface area contributed by atoms with Gasteiger partial charge in [-0.1, -0.05) is 23.2 Å². The third kappa shape index (κ3) is 4.64. The number of benzene rings is 1. The lowest BCUT2D eigenvalue weighted by Crippen LogP contribution is -2.24. The summed E-state index contributed by atoms with van der Waals surface area (Å²) in [4.78, 5) is 37.0. The van der Waals surface area contributed by atoms with Crippen molar-refractivity contribution >= 4 is 35.0 Å². The molecule has 1 aliphatic heterocycles. The van der Waals surface area contributed by atoms with Crippen LogP contribution in [0.25, 0.3) is 28.2 Å². The number of H-pyrrole nitrogens is 1. The van der Waals surface area contributed by atoms with E-state index in [1.807, 2.05) is 6.07 Å². The molecule has 0 radical (unpaired) electrons. The predicted octanol–water partition coefficient (Wildman–Crippen LogP) is 4.30. The van der Waals surface area contributed by atoms with Crippen LogP contribution < -0.4 is 10.9 Å². The van der Waals surface area contributed by atoms with Crippen molar-refractivity contribution in [3.8, 4) is 28.2 Å². The number of ether oxygens (including phenoxy) is 1. The number of anilines is 1. The number of pyridine rings is 2. The highest BCUT2D eigenvalue weighted by Crippen LogP contribution is 2.35. The second-order valence-corrected chi connectivity index (χ2v) is 9.56. The molecule has 0 aliphatic carbocycles. The van der Waals surface area contributed by atoms with Crippen LogP contribution in [0.1, 0.15) is 24.0 Å². The molecule has 0 saturated carbocycles. The number of aryl methyl sites for hydroxylation is 1. The van der Waals surface area contributed by atoms with Crippen molar-refractivity contribution in [2.45, 2.75) is 18.9 Å². The number of methoxy groups -OCH3 is 1. The number of aromatic amines is 1. The molecule has 0 saturated heterocycles. The average molecular weight is 564 g/mol. The van der Waals surface area contributed by atoms with Crippen LogP contribution in [0.3, 0.4) is 0 Å². The van der Waals surface area contributed by atoms with E-state index in [9.17, 15) is 9.59 Å². The molecule has 1 atom stereocenters. The molecular weight excluding hydrogens is 545 g/mol. The quantitative estimate of drug-likeness (QED) is 0.322. The minimum atomic E-state index is -0.597. The molecule has 1 aromatic carbocycles. The lowest BCUT2D eigenvalue weighted by molar-refractivity contribution is 0.187. The molecule has 39 heavy (non-hydrogen) atoms. The number of aromatic nitrogens is 8. The Kier molecular flexibility index (Phi) is 6.33. The Hall–Kier alpha value is -4.55. The number of carbonyl (C=O) groups is 1. The SMILES string of the molecule is COC(=O)Nc1ccc(-c2nc([C@@H]3CCc4cc(-c5cc(Cl)ccc5-n5cnnn5)cc(=O)n43)[nH]c2Cl)nc1. The molecule has 5 heterocycles. The van der Waals surface area contributed by atoms with Gasteiger partial charge in [-0.15, -0.1) is 5.10 Å². The predicted molar refractivity (Wildman–Crippen MR) is 143 cm³/mol. The van der Waals surface area contributed by atoms with Gasteiger partial charge in [0.25, 0.3) is 5.56 Å². The summed E-state index contributed by atoms with van der Waals surface area (Å²) < 4.78 is 7.84. The van der Waals surface area contributed by atoms with Crippen molar-refractivity contribution in [3.63, 3.8) is 0 Å². The molecule has 1 aliphatic rings. The lowest BCUT2D eigenvalue weighted by Gasteiger charge is -2.15. The summed E-state index contributed by atoms with van der Waals surface area (Å²) in [6.45, 7) is 0. The number of tetrazole rings is 1. The molecule has 4 aromatic heterocycles. The minimum absolute atomic E-state index is 0.182. The van der Waals surface area contributed by atoms with Gasteiger partial charge in [0.2, 0.25) is 0 Å². The second-order valence-electron chi connectivity index (χ2n) is 8.75. The number of carbonyl (C=O) groups excluding carboxylic acids is 1. The van der Waals surface area contributed by atoms with Gasteiger partial charge in [0, 0.05) is 22.3 Å². The maximum atomic E-state index is 13.4. The van der Waals surface area contributed by atoms with Gasteiger partial charge in [-0.05, 0) is 65.2 Å². The fraction of sp³-hybridized carbons (Fsp3) is 0.160. The van der Waals surface area contributed by atoms with Gasteiger partial charge in [0.1, 0.15) is 23.0 Å². The van der Waals surface area contributed by atoms with E-state index in [1.54, 1.807) is 41.0 Å². The minimum Gasteiger partial charge on any atom is -0.453 e. The van der Waals surface area contributed by atoms with Gasteiger partial charge in [0.05, 0.1) is 36.4 Å². The van der Waals surface area contributed by atoms with E-state index < -0.39 is 6.09 Å². The highest BCUT2D eigenvalue weighted by molar-refractivity contribution is 6.32. The first-order valence-electron chi connectivity index (χ1n) is 11.8. The van der Waals surface area contributed by atoms with Crippen molar-refractivity contribution < 1.29 is 9.53 Å². The Bertz CT molecular complexity index is 1750. The molecule has 6 rings (SSSR count). The van der Waals surface area contributed by atoms with Crippen LogP contribution in [0.15, 0.2) is 59.8 Å². The van der Waals surface area contributed by atoms with Crippen LogP contribution >= 0.6 is 23.2 Å². The Morgan fingerprint density at radius 3 is 2.79 bits per heavy atom. The third-order valence-electron chi connectivity index (χ3n) is 6.43. The molecule has 14 heteroatoms. The summed E-state index contributed by atoms with van der Waals surface area (Å²) in [6, 6.07) is 11.9. The van der Waals surface area contributed by atoms with Gasteiger partial charge >= 0.3 is 6.09 Å². The van der Waals surface area contributed by atoms with Crippen molar-refractivity contribution in [2.24, 2.45) is 0 Å². The summed E-state index contributed by atoms with van der Waals surface area (Å²) in [6.07, 6.45) is 3.69. The number of amides is 1. The van der Waals surface area contributed by atoms with Crippen LogP contribution in [0.2, 0.25) is 10.2 Å². The normalized spacial score (nSPS) is 14.3. The van der Waals surface area contributed by atoms with Crippen LogP contribution in [-0.2, 0) is 11.2 Å². The summed E-state index contributed by atoms with van der Waals surface area (Å²) in [5.74, 6) is 0.555. The lowest BCUT2D eigenvalue weighted by atomic mass is 10.0. The number of nitrogens with one attached hydrogen (secondary N) is 2. The zero-order valence-electron chi connectivity index (χ0n) is 20.3. The van der Waals surface area contributed by atoms with Crippen LogP contribution in [0, 0.1) is 0 Å². The van der Waals surface area contributed by atoms with Crippen molar-refractivity contribution in [1.29, 1.82) is 0 Å². The number of hydrogen-bond acceptors (Lipinski definition) is 8. The van der Waals surface area contributed by atoms with Gasteiger partial charge in [-0.3, -0.25) is 15.1 Å². The fourth-order valence-electron chi connectivity index (χ4n) is 4.69. The van der Waals surface area contributed by atoms with E-state index in [0.29, 0.717) is 57.2 Å². The monoisotopic (exact) mass is 563 g/mol. The number of fused-ring (bicyclic) bond motifs is 1. The van der Waals surface area contributed by atoms with Crippen LogP contribution in [0.4, 0.5) is 10.5 Å². The molecule has 5 aromatic rings. The first-order chi connectivity index (χ1) is 18.9. The Morgan fingerprint density at radius 1 is 1.18 bits per heavy atom. The number of nitrogens with zero attached hydrogens (tertiary/aromatic N) is 7. The summed E-state index contributed by atoms with van der Waals surface area (Å²) in [5, 5.41) is 14.8. The van der Waals surface area contributed by atoms with E-state index in [-0.39, 0.29) is 11.6 Å². The number of halogens is 2. The number of hydrogen-bond donors (Lipinski definition) is 2. The number of rotatable bonds is 5. The van der Waals surface area contributed by atoms with Gasteiger partial charge in [-0.25, -0.2) is 9.78 Å². The summed E-state index contributed by atoms with van der Waals surface area (Å²) in [7, 11) is 1.28. The van der Waals surface area contributed by atoms with Crippen molar-refractivity contribution in [2.75, 3.05) is 12.4 Å². The van der Waals surface area contributed by atoms with E-state index in [0.717, 1.165) is 11.3 Å². The van der Waals surface area contributed by atoms with E-state index in [1.165, 1.54) is 24.3 Å². The first-order valence-corrected chi connectivity index (χ1v) is 12.5. The number of imidazole rings is 1. The molecule has 12 nitrogen and oxygen atoms in total. The van der Waals surface area contributed by atoms with E-state index in [4.69, 9.17) is 23.2 Å². The van der Waals surface area contributed by atoms with Gasteiger partial charge in [-0.2, -0.15) is 4.68 Å². The first kappa shape index (κ1) is 24.8. The fourth-order valence-corrected chi connectivity index (χ4v) is 5.10. The van der Waals surface area contributed by atoms with Gasteiger partial charge in [0.15, 0.2) is 0 Å². The average Bonchev–Trinajstić information content (AvgIpc) is 3.69. The summed E-state index contributed by atoms with van der Waals surface area (Å²) in [5.41, 5.74) is 4.24. The molecular formula is C25H19Cl2N9O3. The Morgan fingerprint density at radius 2 is 2.05 bits per heavy atom. The topological polar surface area (TPSA) is 146 Å². The zero-order chi connectivity index (χ0) is 27.1. The molecule has 1 amide bonds. The summed E-state index contributed by atoms with van der Waals surface area (Å²) >= 11 is 12.8. The molecule has 0 spiro atoms. The third-order valence-corrected chi connectivity index (χ3v) is 6.94. The van der Waals surface area contributed by atoms with Crippen LogP contribution in [0.5, 0.6) is 0 Å². The van der Waals surface area contributed by atoms with E-state index in [2.05, 4.69) is 40.5 Å². The Labute approximate surface area is 230 Å². The van der Waals surface area contributed by atoms with Crippen molar-refractivity contribution in [3.05, 3.63) is 87.0 Å². The second kappa shape index (κ2) is 9.97. The molecule has 0 unspecified atom stereocenters. The molecule has 196 valence electrons.